The van der Waals surface area contributed by atoms with Crippen molar-refractivity contribution in [3.05, 3.63) is 71.8 Å². The number of nitrogens with zero attached hydrogens (tertiary/aromatic N) is 2. The highest BCUT2D eigenvalue weighted by atomic mass is 16.1. The third-order valence-electron chi connectivity index (χ3n) is 2.65. The zero-order chi connectivity index (χ0) is 14.4. The maximum atomic E-state index is 12.6. The number of benzene rings is 2. The fourth-order valence-corrected chi connectivity index (χ4v) is 1.71. The second-order valence-electron chi connectivity index (χ2n) is 4.56. The van der Waals surface area contributed by atoms with E-state index in [1.165, 1.54) is 0 Å². The van der Waals surface area contributed by atoms with Gasteiger partial charge in [0.25, 0.3) is 0 Å². The summed E-state index contributed by atoms with van der Waals surface area (Å²) < 4.78 is 0. The summed E-state index contributed by atoms with van der Waals surface area (Å²) in [5.41, 5.74) is 2.54. The average molecular weight is 264 g/mol. The number of hydrogen-bond donors (Lipinski definition) is 0. The van der Waals surface area contributed by atoms with Gasteiger partial charge in [-0.15, -0.1) is 5.10 Å². The van der Waals surface area contributed by atoms with Crippen molar-refractivity contribution in [2.75, 3.05) is 0 Å². The first-order valence-electron chi connectivity index (χ1n) is 6.42. The van der Waals surface area contributed by atoms with Crippen molar-refractivity contribution in [1.29, 1.82) is 0 Å². The molecule has 2 rings (SSSR count). The Kier molecular flexibility index (Phi) is 4.56. The van der Waals surface area contributed by atoms with Gasteiger partial charge in [-0.25, -0.2) is 0 Å². The van der Waals surface area contributed by atoms with E-state index >= 15 is 0 Å². The van der Waals surface area contributed by atoms with Crippen molar-refractivity contribution < 1.29 is 4.79 Å². The van der Waals surface area contributed by atoms with E-state index < -0.39 is 0 Å². The average Bonchev–Trinajstić information content (AvgIpc) is 2.49. The summed E-state index contributed by atoms with van der Waals surface area (Å²) in [6.07, 6.45) is 0. The molecule has 0 bridgehead atoms. The van der Waals surface area contributed by atoms with Gasteiger partial charge in [-0.3, -0.25) is 4.79 Å². The van der Waals surface area contributed by atoms with Crippen molar-refractivity contribution in [2.45, 2.75) is 13.8 Å². The maximum Gasteiger partial charge on any atom is 0.213 e. The fraction of sp³-hybridized carbons (Fsp3) is 0.118. The molecule has 0 aromatic heterocycles. The van der Waals surface area contributed by atoms with Gasteiger partial charge in [0.15, 0.2) is 0 Å². The van der Waals surface area contributed by atoms with E-state index in [9.17, 15) is 4.79 Å². The van der Waals surface area contributed by atoms with Gasteiger partial charge in [-0.05, 0) is 13.8 Å². The molecule has 2 aromatic carbocycles. The molecule has 20 heavy (non-hydrogen) atoms. The van der Waals surface area contributed by atoms with Crippen LogP contribution in [0.5, 0.6) is 0 Å². The first-order valence-corrected chi connectivity index (χ1v) is 6.42. The van der Waals surface area contributed by atoms with Crippen LogP contribution in [0.15, 0.2) is 70.9 Å². The number of ketones is 1. The lowest BCUT2D eigenvalue weighted by Crippen LogP contribution is -2.15. The zero-order valence-corrected chi connectivity index (χ0v) is 11.6. The number of Topliss-reactive ketones (excluding diaryl/α,β-unsaturated/α-hetero) is 1. The molecule has 0 fully saturated rings. The van der Waals surface area contributed by atoms with Crippen molar-refractivity contribution in [3.63, 3.8) is 0 Å². The second-order valence-corrected chi connectivity index (χ2v) is 4.56. The third kappa shape index (κ3) is 3.48. The van der Waals surface area contributed by atoms with Crippen LogP contribution in [0.3, 0.4) is 0 Å². The van der Waals surface area contributed by atoms with E-state index in [1.54, 1.807) is 12.1 Å². The van der Waals surface area contributed by atoms with E-state index in [-0.39, 0.29) is 5.78 Å². The van der Waals surface area contributed by atoms with Crippen LogP contribution in [0.4, 0.5) is 0 Å². The molecule has 0 unspecified atom stereocenters. The van der Waals surface area contributed by atoms with Gasteiger partial charge in [0.1, 0.15) is 5.71 Å². The minimum atomic E-state index is -0.123. The Hall–Kier alpha value is -2.55. The molecule has 0 aliphatic heterocycles. The van der Waals surface area contributed by atoms with Crippen LogP contribution in [0.1, 0.15) is 29.8 Å². The highest BCUT2D eigenvalue weighted by Crippen LogP contribution is 2.09. The Bertz CT molecular complexity index is 639. The fourth-order valence-electron chi connectivity index (χ4n) is 1.71. The van der Waals surface area contributed by atoms with Gasteiger partial charge in [-0.2, -0.15) is 5.10 Å². The standard InChI is InChI=1S/C17H16N2O/c1-13(2)18-19-16(14-9-5-3-6-10-14)17(20)15-11-7-4-8-12-15/h3-12H,1-2H3. The van der Waals surface area contributed by atoms with Gasteiger partial charge < -0.3 is 0 Å². The Morgan fingerprint density at radius 3 is 1.75 bits per heavy atom. The summed E-state index contributed by atoms with van der Waals surface area (Å²) >= 11 is 0. The normalized spacial score (nSPS) is 11.0. The number of hydrogen-bond acceptors (Lipinski definition) is 3. The summed E-state index contributed by atoms with van der Waals surface area (Å²) in [6.45, 7) is 3.69. The molecule has 3 heteroatoms. The highest BCUT2D eigenvalue weighted by molar-refractivity contribution is 6.51. The number of rotatable bonds is 4. The highest BCUT2D eigenvalue weighted by Gasteiger charge is 2.15. The Balaban J connectivity index is 2.46. The predicted molar refractivity (Wildman–Crippen MR) is 82.5 cm³/mol. The molecule has 0 saturated heterocycles. The van der Waals surface area contributed by atoms with Crippen LogP contribution < -0.4 is 0 Å². The Morgan fingerprint density at radius 1 is 0.750 bits per heavy atom. The van der Waals surface area contributed by atoms with Crippen LogP contribution in [0.2, 0.25) is 0 Å². The van der Waals surface area contributed by atoms with E-state index in [0.717, 1.165) is 11.3 Å². The van der Waals surface area contributed by atoms with E-state index in [4.69, 9.17) is 0 Å². The largest absolute Gasteiger partial charge is 0.287 e. The zero-order valence-electron chi connectivity index (χ0n) is 11.6. The Labute approximate surface area is 118 Å². The van der Waals surface area contributed by atoms with Crippen molar-refractivity contribution >= 4 is 17.2 Å². The van der Waals surface area contributed by atoms with Crippen LogP contribution in [-0.4, -0.2) is 17.2 Å². The van der Waals surface area contributed by atoms with Crippen molar-refractivity contribution in [3.8, 4) is 0 Å². The molecule has 2 aromatic rings. The van der Waals surface area contributed by atoms with Gasteiger partial charge in [0, 0.05) is 16.8 Å². The quantitative estimate of drug-likeness (QED) is 0.471. The monoisotopic (exact) mass is 264 g/mol. The van der Waals surface area contributed by atoms with Gasteiger partial charge in [-0.1, -0.05) is 60.7 Å². The number of carbonyl (C=O) groups excluding carboxylic acids is 1. The first kappa shape index (κ1) is 13.9. The Morgan fingerprint density at radius 2 is 1.25 bits per heavy atom. The minimum absolute atomic E-state index is 0.123. The lowest BCUT2D eigenvalue weighted by Gasteiger charge is -2.04. The van der Waals surface area contributed by atoms with Crippen molar-refractivity contribution in [2.24, 2.45) is 10.2 Å². The molecule has 0 radical (unpaired) electrons. The molecule has 0 spiro atoms. The molecule has 0 saturated carbocycles. The maximum absolute atomic E-state index is 12.6. The second kappa shape index (κ2) is 6.57. The van der Waals surface area contributed by atoms with Gasteiger partial charge >= 0.3 is 0 Å². The molecule has 0 amide bonds. The first-order chi connectivity index (χ1) is 9.68. The summed E-state index contributed by atoms with van der Waals surface area (Å²) in [7, 11) is 0. The molecule has 0 heterocycles. The predicted octanol–water partition coefficient (Wildman–Crippen LogP) is 3.75. The molecule has 100 valence electrons. The molecule has 0 aliphatic carbocycles. The molecule has 0 atom stereocenters. The van der Waals surface area contributed by atoms with Crippen LogP contribution >= 0.6 is 0 Å². The van der Waals surface area contributed by atoms with E-state index in [1.807, 2.05) is 62.4 Å². The van der Waals surface area contributed by atoms with Crippen LogP contribution in [-0.2, 0) is 0 Å². The lowest BCUT2D eigenvalue weighted by molar-refractivity contribution is 0.106. The van der Waals surface area contributed by atoms with Crippen LogP contribution in [0, 0.1) is 0 Å². The summed E-state index contributed by atoms with van der Waals surface area (Å²) in [6, 6.07) is 18.5. The van der Waals surface area contributed by atoms with Gasteiger partial charge in [0.2, 0.25) is 5.78 Å². The summed E-state index contributed by atoms with van der Waals surface area (Å²) in [4.78, 5) is 12.6. The topological polar surface area (TPSA) is 41.8 Å². The van der Waals surface area contributed by atoms with Crippen LogP contribution in [0.25, 0.3) is 0 Å². The summed E-state index contributed by atoms with van der Waals surface area (Å²) in [5, 5.41) is 8.16. The smallest absolute Gasteiger partial charge is 0.213 e. The van der Waals surface area contributed by atoms with Crippen molar-refractivity contribution in [1.82, 2.24) is 0 Å². The lowest BCUT2D eigenvalue weighted by atomic mass is 10.0. The number of carbonyl (C=O) groups is 1. The molecule has 3 nitrogen and oxygen atoms in total. The molecular weight excluding hydrogens is 248 g/mol. The van der Waals surface area contributed by atoms with E-state index in [2.05, 4.69) is 10.2 Å². The van der Waals surface area contributed by atoms with Gasteiger partial charge in [0.05, 0.1) is 0 Å². The summed E-state index contributed by atoms with van der Waals surface area (Å²) in [5.74, 6) is -0.123. The molecule has 0 aliphatic rings. The van der Waals surface area contributed by atoms with E-state index in [0.29, 0.717) is 11.3 Å². The third-order valence-corrected chi connectivity index (χ3v) is 2.65. The molecule has 0 N–H and O–H groups in total. The minimum Gasteiger partial charge on any atom is -0.287 e. The molecular formula is C17H16N2O. The SMILES string of the molecule is CC(C)=NN=C(C(=O)c1ccccc1)c1ccccc1.